The number of allylic oxidation sites excluding steroid dienone is 2. The van der Waals surface area contributed by atoms with Crippen molar-refractivity contribution in [1.29, 1.82) is 0 Å². The van der Waals surface area contributed by atoms with Crippen molar-refractivity contribution in [2.24, 2.45) is 5.92 Å². The lowest BCUT2D eigenvalue weighted by Gasteiger charge is -2.29. The molecule has 0 unspecified atom stereocenters. The molecule has 134 valence electrons. The third-order valence-corrected chi connectivity index (χ3v) is 5.21. The Morgan fingerprint density at radius 3 is 2.25 bits per heavy atom. The maximum Gasteiger partial charge on any atom is 0.392 e. The summed E-state index contributed by atoms with van der Waals surface area (Å²) in [5.74, 6) is 1.45. The van der Waals surface area contributed by atoms with Crippen molar-refractivity contribution in [3.05, 3.63) is 47.5 Å². The minimum absolute atomic E-state index is 0.693. The summed E-state index contributed by atoms with van der Waals surface area (Å²) in [6.45, 7) is 2.18. The number of hydrogen-bond acceptors (Lipinski definition) is 0. The van der Waals surface area contributed by atoms with Crippen LogP contribution in [0.4, 0.5) is 13.2 Å². The van der Waals surface area contributed by atoms with E-state index >= 15 is 0 Å². The molecule has 0 aliphatic heterocycles. The van der Waals surface area contributed by atoms with Crippen LogP contribution in [-0.4, -0.2) is 6.18 Å². The number of aryl methyl sites for hydroxylation is 1. The minimum atomic E-state index is -4.07. The molecule has 1 aromatic carbocycles. The van der Waals surface area contributed by atoms with Gasteiger partial charge in [0.25, 0.3) is 0 Å². The first-order chi connectivity index (χ1) is 11.5. The van der Waals surface area contributed by atoms with Gasteiger partial charge in [0.2, 0.25) is 0 Å². The molecule has 1 fully saturated rings. The first-order valence-electron chi connectivity index (χ1n) is 9.28. The molecule has 0 nitrogen and oxygen atoms in total. The van der Waals surface area contributed by atoms with E-state index in [4.69, 9.17) is 0 Å². The van der Waals surface area contributed by atoms with Crippen LogP contribution >= 0.6 is 0 Å². The number of benzene rings is 1. The van der Waals surface area contributed by atoms with Gasteiger partial charge >= 0.3 is 6.18 Å². The average molecular weight is 338 g/mol. The van der Waals surface area contributed by atoms with E-state index in [9.17, 15) is 13.2 Å². The van der Waals surface area contributed by atoms with E-state index in [0.29, 0.717) is 5.92 Å². The van der Waals surface area contributed by atoms with E-state index < -0.39 is 12.6 Å². The second-order valence-corrected chi connectivity index (χ2v) is 7.03. The fraction of sp³-hybridized carbons (Fsp3) is 0.619. The predicted molar refractivity (Wildman–Crippen MR) is 94.2 cm³/mol. The number of alkyl halides is 3. The van der Waals surface area contributed by atoms with Gasteiger partial charge in [-0.3, -0.25) is 0 Å². The third-order valence-electron chi connectivity index (χ3n) is 5.21. The molecule has 24 heavy (non-hydrogen) atoms. The van der Waals surface area contributed by atoms with Crippen LogP contribution in [0.1, 0.15) is 75.3 Å². The molecule has 0 bridgehead atoms. The number of hydrogen-bond donors (Lipinski definition) is 0. The summed E-state index contributed by atoms with van der Waals surface area (Å²) < 4.78 is 36.1. The van der Waals surface area contributed by atoms with Crippen molar-refractivity contribution in [2.75, 3.05) is 0 Å². The summed E-state index contributed by atoms with van der Waals surface area (Å²) in [5, 5.41) is 0. The fourth-order valence-electron chi connectivity index (χ4n) is 3.67. The lowest BCUT2D eigenvalue weighted by atomic mass is 9.77. The quantitative estimate of drug-likeness (QED) is 0.364. The molecule has 0 N–H and O–H groups in total. The highest BCUT2D eigenvalue weighted by Crippen LogP contribution is 2.37. The molecule has 1 aliphatic carbocycles. The molecule has 0 amide bonds. The Kier molecular flexibility index (Phi) is 7.39. The van der Waals surface area contributed by atoms with Gasteiger partial charge in [0.05, 0.1) is 6.42 Å². The summed E-state index contributed by atoms with van der Waals surface area (Å²) in [4.78, 5) is 0. The normalized spacial score (nSPS) is 22.2. The molecule has 0 radical (unpaired) electrons. The Hall–Kier alpha value is -1.25. The van der Waals surface area contributed by atoms with Gasteiger partial charge in [-0.1, -0.05) is 49.8 Å². The Bertz CT molecular complexity index is 491. The highest BCUT2D eigenvalue weighted by Gasteiger charge is 2.24. The zero-order valence-electron chi connectivity index (χ0n) is 14.6. The SMILES string of the molecule is CCc1ccc(C2CCC(CCCC=CCC(F)(F)F)CC2)cc1. The fourth-order valence-corrected chi connectivity index (χ4v) is 3.67. The summed E-state index contributed by atoms with van der Waals surface area (Å²) in [6, 6.07) is 9.06. The second-order valence-electron chi connectivity index (χ2n) is 7.03. The Morgan fingerprint density at radius 2 is 1.67 bits per heavy atom. The van der Waals surface area contributed by atoms with Gasteiger partial charge in [0, 0.05) is 0 Å². The van der Waals surface area contributed by atoms with Gasteiger partial charge in [-0.05, 0) is 67.9 Å². The maximum atomic E-state index is 12.0. The smallest absolute Gasteiger partial charge is 0.171 e. The van der Waals surface area contributed by atoms with Gasteiger partial charge in [-0.15, -0.1) is 0 Å². The highest BCUT2D eigenvalue weighted by molar-refractivity contribution is 5.25. The van der Waals surface area contributed by atoms with E-state index in [-0.39, 0.29) is 0 Å². The van der Waals surface area contributed by atoms with Crippen LogP contribution in [0.3, 0.4) is 0 Å². The first-order valence-corrected chi connectivity index (χ1v) is 9.28. The molecular formula is C21H29F3. The molecule has 0 heterocycles. The van der Waals surface area contributed by atoms with Crippen LogP contribution in [0.5, 0.6) is 0 Å². The monoisotopic (exact) mass is 338 g/mol. The van der Waals surface area contributed by atoms with E-state index in [1.807, 2.05) is 0 Å². The number of rotatable bonds is 7. The number of unbranched alkanes of at least 4 members (excludes halogenated alkanes) is 1. The predicted octanol–water partition coefficient (Wildman–Crippen LogP) is 7.20. The Labute approximate surface area is 144 Å². The maximum absolute atomic E-state index is 12.0. The van der Waals surface area contributed by atoms with Crippen molar-refractivity contribution in [2.45, 2.75) is 76.8 Å². The van der Waals surface area contributed by atoms with Crippen LogP contribution < -0.4 is 0 Å². The van der Waals surface area contributed by atoms with Crippen molar-refractivity contribution < 1.29 is 13.2 Å². The van der Waals surface area contributed by atoms with Gasteiger partial charge in [0.1, 0.15) is 0 Å². The van der Waals surface area contributed by atoms with E-state index in [1.54, 1.807) is 6.08 Å². The molecule has 3 heteroatoms. The lowest BCUT2D eigenvalue weighted by Crippen LogP contribution is -2.13. The molecule has 2 rings (SSSR count). The molecule has 1 aromatic rings. The second kappa shape index (κ2) is 9.29. The zero-order valence-corrected chi connectivity index (χ0v) is 14.6. The summed E-state index contributed by atoms with van der Waals surface area (Å²) in [7, 11) is 0. The van der Waals surface area contributed by atoms with Gasteiger partial charge < -0.3 is 0 Å². The average Bonchev–Trinajstić information content (AvgIpc) is 2.58. The van der Waals surface area contributed by atoms with Crippen LogP contribution in [0, 0.1) is 5.92 Å². The largest absolute Gasteiger partial charge is 0.392 e. The minimum Gasteiger partial charge on any atom is -0.171 e. The highest BCUT2D eigenvalue weighted by atomic mass is 19.4. The van der Waals surface area contributed by atoms with Crippen molar-refractivity contribution in [1.82, 2.24) is 0 Å². The molecule has 0 saturated heterocycles. The summed E-state index contributed by atoms with van der Waals surface area (Å²) in [6.07, 6.45) is 7.12. The summed E-state index contributed by atoms with van der Waals surface area (Å²) >= 11 is 0. The van der Waals surface area contributed by atoms with Gasteiger partial charge in [0.15, 0.2) is 0 Å². The molecule has 1 aliphatic rings. The molecule has 0 spiro atoms. The standard InChI is InChI=1S/C21H29F3/c1-2-17-8-12-19(13-9-17)20-14-10-18(11-15-20)7-5-3-4-6-16-21(22,23)24/h4,6,8-9,12-13,18,20H,2-3,5,7,10-11,14-16H2,1H3. The van der Waals surface area contributed by atoms with Crippen molar-refractivity contribution in [3.8, 4) is 0 Å². The van der Waals surface area contributed by atoms with Crippen LogP contribution in [0.25, 0.3) is 0 Å². The number of halogens is 3. The van der Waals surface area contributed by atoms with Gasteiger partial charge in [-0.25, -0.2) is 0 Å². The molecule has 1 saturated carbocycles. The van der Waals surface area contributed by atoms with E-state index in [2.05, 4.69) is 31.2 Å². The van der Waals surface area contributed by atoms with E-state index in [1.165, 1.54) is 42.9 Å². The zero-order chi connectivity index (χ0) is 17.4. The van der Waals surface area contributed by atoms with Crippen molar-refractivity contribution >= 4 is 0 Å². The van der Waals surface area contributed by atoms with Gasteiger partial charge in [-0.2, -0.15) is 13.2 Å². The summed E-state index contributed by atoms with van der Waals surface area (Å²) in [5.41, 5.74) is 2.87. The topological polar surface area (TPSA) is 0 Å². The van der Waals surface area contributed by atoms with Crippen LogP contribution in [-0.2, 0) is 6.42 Å². The molecular weight excluding hydrogens is 309 g/mol. The third kappa shape index (κ3) is 6.70. The Morgan fingerprint density at radius 1 is 1.00 bits per heavy atom. The molecule has 0 aromatic heterocycles. The van der Waals surface area contributed by atoms with Crippen LogP contribution in [0.2, 0.25) is 0 Å². The lowest BCUT2D eigenvalue weighted by molar-refractivity contribution is -0.125. The molecule has 0 atom stereocenters. The van der Waals surface area contributed by atoms with Crippen LogP contribution in [0.15, 0.2) is 36.4 Å². The van der Waals surface area contributed by atoms with E-state index in [0.717, 1.165) is 31.6 Å². The van der Waals surface area contributed by atoms with Crippen molar-refractivity contribution in [3.63, 3.8) is 0 Å². The Balaban J connectivity index is 1.64. The first kappa shape index (κ1) is 19.1.